The van der Waals surface area contributed by atoms with Gasteiger partial charge < -0.3 is 0 Å². The number of aromatic nitrogens is 2. The Morgan fingerprint density at radius 2 is 1.58 bits per heavy atom. The Balaban J connectivity index is 2.08. The summed E-state index contributed by atoms with van der Waals surface area (Å²) in [7, 11) is -4.18. The molecule has 0 amide bonds. The molecular formula is C16H11F4N3O2S. The zero-order valence-corrected chi connectivity index (χ0v) is 13.7. The van der Waals surface area contributed by atoms with E-state index in [1.807, 2.05) is 4.83 Å². The third-order valence-electron chi connectivity index (χ3n) is 3.40. The maximum atomic E-state index is 13.1. The molecule has 0 aliphatic rings. The van der Waals surface area contributed by atoms with Crippen molar-refractivity contribution in [1.29, 1.82) is 0 Å². The number of alkyl halides is 3. The summed E-state index contributed by atoms with van der Waals surface area (Å²) in [5.41, 5.74) is -1.31. The van der Waals surface area contributed by atoms with E-state index in [1.165, 1.54) is 36.4 Å². The second-order valence-electron chi connectivity index (χ2n) is 5.24. The molecule has 0 saturated carbocycles. The summed E-state index contributed by atoms with van der Waals surface area (Å²) in [5.74, 6) is -0.583. The highest BCUT2D eigenvalue weighted by Gasteiger charge is 2.35. The van der Waals surface area contributed by atoms with Crippen molar-refractivity contribution >= 4 is 10.0 Å². The lowest BCUT2D eigenvalue weighted by atomic mass is 10.1. The van der Waals surface area contributed by atoms with Gasteiger partial charge >= 0.3 is 6.18 Å². The first-order valence-electron chi connectivity index (χ1n) is 7.18. The first kappa shape index (κ1) is 17.9. The van der Waals surface area contributed by atoms with E-state index in [-0.39, 0.29) is 16.2 Å². The van der Waals surface area contributed by atoms with Gasteiger partial charge in [0.15, 0.2) is 5.69 Å². The first-order valence-corrected chi connectivity index (χ1v) is 8.66. The van der Waals surface area contributed by atoms with E-state index >= 15 is 0 Å². The standard InChI is InChI=1S/C16H11F4N3O2S/c17-12-8-6-11(7-9-12)14-10-15(16(18,19)20)21-23(14)22-26(24,25)13-4-2-1-3-5-13/h1-10,22H. The molecular weight excluding hydrogens is 374 g/mol. The van der Waals surface area contributed by atoms with Crippen LogP contribution in [0.1, 0.15) is 5.69 Å². The third kappa shape index (κ3) is 3.69. The Bertz CT molecular complexity index is 1010. The number of hydrogen-bond acceptors (Lipinski definition) is 3. The Kier molecular flexibility index (Phi) is 4.45. The zero-order valence-electron chi connectivity index (χ0n) is 12.9. The molecule has 0 aliphatic carbocycles. The van der Waals surface area contributed by atoms with Crippen LogP contribution in [-0.2, 0) is 16.2 Å². The summed E-state index contributed by atoms with van der Waals surface area (Å²) >= 11 is 0. The zero-order chi connectivity index (χ0) is 18.9. The molecule has 0 atom stereocenters. The number of halogens is 4. The molecule has 0 fully saturated rings. The first-order chi connectivity index (χ1) is 12.2. The van der Waals surface area contributed by atoms with Crippen LogP contribution in [0.25, 0.3) is 11.3 Å². The number of hydrogen-bond donors (Lipinski definition) is 1. The number of benzene rings is 2. The minimum absolute atomic E-state index is 0.144. The van der Waals surface area contributed by atoms with Crippen LogP contribution in [0, 0.1) is 5.82 Å². The molecule has 3 rings (SSSR count). The van der Waals surface area contributed by atoms with Gasteiger partial charge in [0.1, 0.15) is 5.82 Å². The van der Waals surface area contributed by atoms with E-state index in [9.17, 15) is 26.0 Å². The largest absolute Gasteiger partial charge is 0.435 e. The van der Waals surface area contributed by atoms with E-state index in [0.29, 0.717) is 10.9 Å². The van der Waals surface area contributed by atoms with Crippen LogP contribution in [-0.4, -0.2) is 18.3 Å². The van der Waals surface area contributed by atoms with Crippen LogP contribution in [0.5, 0.6) is 0 Å². The van der Waals surface area contributed by atoms with E-state index in [1.54, 1.807) is 6.07 Å². The van der Waals surface area contributed by atoms with Crippen molar-refractivity contribution in [2.45, 2.75) is 11.1 Å². The lowest BCUT2D eigenvalue weighted by Crippen LogP contribution is -2.25. The topological polar surface area (TPSA) is 64.0 Å². The molecule has 1 aromatic heterocycles. The van der Waals surface area contributed by atoms with Gasteiger partial charge in [-0.3, -0.25) is 0 Å². The number of nitrogens with zero attached hydrogens (tertiary/aromatic N) is 2. The summed E-state index contributed by atoms with van der Waals surface area (Å²) < 4.78 is 76.9. The number of nitrogens with one attached hydrogen (secondary N) is 1. The molecule has 0 unspecified atom stereocenters. The molecule has 2 aromatic carbocycles. The summed E-state index contributed by atoms with van der Waals surface area (Å²) in [4.78, 5) is 2.36. The predicted octanol–water partition coefficient (Wildman–Crippen LogP) is 3.64. The SMILES string of the molecule is O=S(=O)(Nn1nc(C(F)(F)F)cc1-c1ccc(F)cc1)c1ccccc1. The van der Waals surface area contributed by atoms with Gasteiger partial charge in [0.25, 0.3) is 10.0 Å². The van der Waals surface area contributed by atoms with Gasteiger partial charge in [0, 0.05) is 5.56 Å². The average Bonchev–Trinajstić information content (AvgIpc) is 3.00. The maximum Gasteiger partial charge on any atom is 0.435 e. The summed E-state index contributed by atoms with van der Waals surface area (Å²) in [6.45, 7) is 0. The fraction of sp³-hybridized carbons (Fsp3) is 0.0625. The van der Waals surface area contributed by atoms with Gasteiger partial charge in [-0.15, -0.1) is 5.10 Å². The molecule has 26 heavy (non-hydrogen) atoms. The van der Waals surface area contributed by atoms with Gasteiger partial charge in [0.2, 0.25) is 0 Å². The fourth-order valence-corrected chi connectivity index (χ4v) is 3.17. The monoisotopic (exact) mass is 385 g/mol. The van der Waals surface area contributed by atoms with Crippen molar-refractivity contribution in [1.82, 2.24) is 9.89 Å². The van der Waals surface area contributed by atoms with Crippen molar-refractivity contribution in [2.75, 3.05) is 4.83 Å². The van der Waals surface area contributed by atoms with Crippen molar-refractivity contribution in [3.63, 3.8) is 0 Å². The highest BCUT2D eigenvalue weighted by Crippen LogP contribution is 2.31. The maximum absolute atomic E-state index is 13.1. The summed E-state index contributed by atoms with van der Waals surface area (Å²) in [6, 6.07) is 12.3. The van der Waals surface area contributed by atoms with Gasteiger partial charge in [-0.2, -0.15) is 31.2 Å². The van der Waals surface area contributed by atoms with Crippen molar-refractivity contribution in [3.05, 3.63) is 72.2 Å². The Morgan fingerprint density at radius 3 is 2.15 bits per heavy atom. The molecule has 1 heterocycles. The third-order valence-corrected chi connectivity index (χ3v) is 4.71. The van der Waals surface area contributed by atoms with Crippen LogP contribution in [0.3, 0.4) is 0 Å². The number of sulfonamides is 1. The van der Waals surface area contributed by atoms with E-state index in [2.05, 4.69) is 5.10 Å². The minimum Gasteiger partial charge on any atom is -0.207 e. The fourth-order valence-electron chi connectivity index (χ4n) is 2.18. The molecule has 0 radical (unpaired) electrons. The molecule has 0 spiro atoms. The quantitative estimate of drug-likeness (QED) is 0.698. The predicted molar refractivity (Wildman–Crippen MR) is 85.6 cm³/mol. The highest BCUT2D eigenvalue weighted by atomic mass is 32.2. The second kappa shape index (κ2) is 6.45. The van der Waals surface area contributed by atoms with Crippen LogP contribution >= 0.6 is 0 Å². The van der Waals surface area contributed by atoms with Crippen LogP contribution in [0.2, 0.25) is 0 Å². The van der Waals surface area contributed by atoms with Crippen LogP contribution < -0.4 is 4.83 Å². The molecule has 10 heteroatoms. The molecule has 136 valence electrons. The molecule has 1 N–H and O–H groups in total. The molecule has 0 saturated heterocycles. The summed E-state index contributed by atoms with van der Waals surface area (Å²) in [5, 5.41) is 3.30. The Morgan fingerprint density at radius 1 is 0.962 bits per heavy atom. The van der Waals surface area contributed by atoms with E-state index in [4.69, 9.17) is 0 Å². The second-order valence-corrected chi connectivity index (χ2v) is 6.90. The number of rotatable bonds is 4. The molecule has 0 aliphatic heterocycles. The van der Waals surface area contributed by atoms with E-state index < -0.39 is 27.7 Å². The minimum atomic E-state index is -4.78. The summed E-state index contributed by atoms with van der Waals surface area (Å²) in [6.07, 6.45) is -4.78. The Labute approximate surface area is 145 Å². The van der Waals surface area contributed by atoms with Crippen LogP contribution in [0.15, 0.2) is 65.6 Å². The van der Waals surface area contributed by atoms with Crippen molar-refractivity contribution in [2.24, 2.45) is 0 Å². The smallest absolute Gasteiger partial charge is 0.207 e. The van der Waals surface area contributed by atoms with Gasteiger partial charge in [-0.05, 0) is 42.5 Å². The highest BCUT2D eigenvalue weighted by molar-refractivity contribution is 7.92. The van der Waals surface area contributed by atoms with Crippen molar-refractivity contribution < 1.29 is 26.0 Å². The van der Waals surface area contributed by atoms with Crippen molar-refractivity contribution in [3.8, 4) is 11.3 Å². The van der Waals surface area contributed by atoms with Gasteiger partial charge in [-0.25, -0.2) is 4.39 Å². The average molecular weight is 385 g/mol. The van der Waals surface area contributed by atoms with Gasteiger partial charge in [0.05, 0.1) is 10.6 Å². The lowest BCUT2D eigenvalue weighted by Gasteiger charge is -2.11. The van der Waals surface area contributed by atoms with Crippen LogP contribution in [0.4, 0.5) is 17.6 Å². The van der Waals surface area contributed by atoms with Gasteiger partial charge in [-0.1, -0.05) is 18.2 Å². The lowest BCUT2D eigenvalue weighted by molar-refractivity contribution is -0.141. The molecule has 5 nitrogen and oxygen atoms in total. The molecule has 0 bridgehead atoms. The normalized spacial score (nSPS) is 12.2. The van der Waals surface area contributed by atoms with E-state index in [0.717, 1.165) is 12.1 Å². The molecule has 3 aromatic rings. The Hall–Kier alpha value is -2.88.